The number of aromatic hydroxyl groups is 1. The second kappa shape index (κ2) is 5.98. The van der Waals surface area contributed by atoms with Gasteiger partial charge < -0.3 is 15.2 Å². The quantitative estimate of drug-likeness (QED) is 0.892. The Morgan fingerprint density at radius 2 is 1.95 bits per heavy atom. The lowest BCUT2D eigenvalue weighted by molar-refractivity contribution is 0.0464. The van der Waals surface area contributed by atoms with Crippen molar-refractivity contribution in [3.8, 4) is 5.75 Å². The number of nitrogens with one attached hydrogen (secondary N) is 1. The summed E-state index contributed by atoms with van der Waals surface area (Å²) in [6.45, 7) is 8.90. The van der Waals surface area contributed by atoms with E-state index in [9.17, 15) is 14.7 Å². The van der Waals surface area contributed by atoms with Gasteiger partial charge in [0, 0.05) is 6.20 Å². The van der Waals surface area contributed by atoms with Crippen LogP contribution in [0.1, 0.15) is 39.4 Å². The lowest BCUT2D eigenvalue weighted by atomic mass is 10.0. The van der Waals surface area contributed by atoms with E-state index in [0.717, 1.165) is 0 Å². The lowest BCUT2D eigenvalue weighted by Gasteiger charge is -2.25. The Morgan fingerprint density at radius 1 is 1.35 bits per heavy atom. The molecular formula is C14H22N2O4. The Hall–Kier alpha value is -1.98. The lowest BCUT2D eigenvalue weighted by Crippen LogP contribution is -2.48. The van der Waals surface area contributed by atoms with Gasteiger partial charge in [-0.1, -0.05) is 13.8 Å². The maximum absolute atomic E-state index is 12.3. The smallest absolute Gasteiger partial charge is 0.408 e. The predicted octanol–water partition coefficient (Wildman–Crippen LogP) is 2.38. The Labute approximate surface area is 118 Å². The molecule has 2 N–H and O–H groups in total. The minimum absolute atomic E-state index is 0.00174. The number of hydrogen-bond acceptors (Lipinski definition) is 4. The van der Waals surface area contributed by atoms with Crippen LogP contribution in [0.4, 0.5) is 4.79 Å². The number of carbonyl (C=O) groups is 2. The van der Waals surface area contributed by atoms with E-state index in [1.165, 1.54) is 23.0 Å². The molecule has 0 saturated heterocycles. The molecule has 0 aliphatic heterocycles. The molecule has 0 aliphatic carbocycles. The van der Waals surface area contributed by atoms with E-state index in [4.69, 9.17) is 4.74 Å². The molecule has 0 aromatic carbocycles. The highest BCUT2D eigenvalue weighted by Gasteiger charge is 2.27. The highest BCUT2D eigenvalue weighted by molar-refractivity contribution is 5.88. The highest BCUT2D eigenvalue weighted by atomic mass is 16.6. The largest absolute Gasteiger partial charge is 0.506 e. The monoisotopic (exact) mass is 282 g/mol. The van der Waals surface area contributed by atoms with Crippen LogP contribution < -0.4 is 5.32 Å². The van der Waals surface area contributed by atoms with Gasteiger partial charge in [0.25, 0.3) is 5.91 Å². The molecule has 20 heavy (non-hydrogen) atoms. The number of carbonyl (C=O) groups excluding carboxylic acids is 2. The molecular weight excluding hydrogens is 260 g/mol. The standard InChI is InChI=1S/C14H22N2O4/c1-9(2)11(15-13(19)20-14(3,4)5)12(18)16-7-6-10(17)8-16/h6-9,11,17H,1-5H3,(H,15,19)/t11-/m0/s1. The van der Waals surface area contributed by atoms with Crippen LogP contribution in [0.25, 0.3) is 0 Å². The van der Waals surface area contributed by atoms with Gasteiger partial charge in [-0.2, -0.15) is 0 Å². The van der Waals surface area contributed by atoms with Gasteiger partial charge in [0.15, 0.2) is 0 Å². The zero-order valence-corrected chi connectivity index (χ0v) is 12.5. The van der Waals surface area contributed by atoms with Gasteiger partial charge in [-0.25, -0.2) is 4.79 Å². The first-order valence-electron chi connectivity index (χ1n) is 6.51. The second-order valence-electron chi connectivity index (χ2n) is 5.98. The summed E-state index contributed by atoms with van der Waals surface area (Å²) in [7, 11) is 0. The van der Waals surface area contributed by atoms with Crippen molar-refractivity contribution in [3.63, 3.8) is 0 Å². The van der Waals surface area contributed by atoms with Crippen LogP contribution in [0.3, 0.4) is 0 Å². The summed E-state index contributed by atoms with van der Waals surface area (Å²) >= 11 is 0. The van der Waals surface area contributed by atoms with E-state index < -0.39 is 17.7 Å². The van der Waals surface area contributed by atoms with Gasteiger partial charge >= 0.3 is 6.09 Å². The number of rotatable bonds is 3. The van der Waals surface area contributed by atoms with Crippen molar-refractivity contribution in [2.75, 3.05) is 0 Å². The van der Waals surface area contributed by atoms with Crippen molar-refractivity contribution >= 4 is 12.0 Å². The average Bonchev–Trinajstić information content (AvgIpc) is 2.69. The highest BCUT2D eigenvalue weighted by Crippen LogP contribution is 2.13. The Morgan fingerprint density at radius 3 is 2.35 bits per heavy atom. The van der Waals surface area contributed by atoms with Gasteiger partial charge in [-0.05, 0) is 32.8 Å². The predicted molar refractivity (Wildman–Crippen MR) is 74.7 cm³/mol. The van der Waals surface area contributed by atoms with Gasteiger partial charge in [-0.15, -0.1) is 0 Å². The third kappa shape index (κ3) is 4.60. The normalized spacial score (nSPS) is 13.1. The number of hydrogen-bond donors (Lipinski definition) is 2. The Bertz CT molecular complexity index is 486. The third-order valence-electron chi connectivity index (χ3n) is 2.54. The summed E-state index contributed by atoms with van der Waals surface area (Å²) in [5.41, 5.74) is -0.625. The summed E-state index contributed by atoms with van der Waals surface area (Å²) in [4.78, 5) is 24.1. The van der Waals surface area contributed by atoms with E-state index >= 15 is 0 Å². The van der Waals surface area contributed by atoms with Crippen LogP contribution in [0, 0.1) is 5.92 Å². The van der Waals surface area contributed by atoms with Gasteiger partial charge in [0.05, 0.1) is 6.20 Å². The van der Waals surface area contributed by atoms with E-state index in [1.807, 2.05) is 13.8 Å². The molecule has 6 heteroatoms. The van der Waals surface area contributed by atoms with Crippen molar-refractivity contribution in [1.82, 2.24) is 9.88 Å². The number of aromatic nitrogens is 1. The fourth-order valence-electron chi connectivity index (χ4n) is 1.63. The number of nitrogens with zero attached hydrogens (tertiary/aromatic N) is 1. The van der Waals surface area contributed by atoms with Gasteiger partial charge in [0.1, 0.15) is 17.4 Å². The number of amides is 1. The molecule has 0 fully saturated rings. The third-order valence-corrected chi connectivity index (χ3v) is 2.54. The molecule has 1 aromatic rings. The maximum Gasteiger partial charge on any atom is 0.408 e. The molecule has 112 valence electrons. The maximum atomic E-state index is 12.3. The molecule has 1 atom stereocenters. The van der Waals surface area contributed by atoms with E-state index in [-0.39, 0.29) is 17.6 Å². The van der Waals surface area contributed by atoms with Crippen molar-refractivity contribution < 1.29 is 19.4 Å². The molecule has 0 unspecified atom stereocenters. The summed E-state index contributed by atoms with van der Waals surface area (Å²) in [5, 5.41) is 11.8. The van der Waals surface area contributed by atoms with Crippen molar-refractivity contribution in [2.24, 2.45) is 5.92 Å². The minimum Gasteiger partial charge on any atom is -0.506 e. The van der Waals surface area contributed by atoms with Crippen LogP contribution in [0.5, 0.6) is 5.75 Å². The fraction of sp³-hybridized carbons (Fsp3) is 0.571. The zero-order chi connectivity index (χ0) is 15.5. The Kier molecular flexibility index (Phi) is 4.81. The van der Waals surface area contributed by atoms with Gasteiger partial charge in [-0.3, -0.25) is 9.36 Å². The molecule has 0 bridgehead atoms. The van der Waals surface area contributed by atoms with Crippen LogP contribution in [-0.2, 0) is 4.74 Å². The molecule has 6 nitrogen and oxygen atoms in total. The van der Waals surface area contributed by atoms with Crippen LogP contribution in [-0.4, -0.2) is 33.3 Å². The van der Waals surface area contributed by atoms with Crippen molar-refractivity contribution in [2.45, 2.75) is 46.3 Å². The molecule has 1 amide bonds. The first kappa shape index (κ1) is 16.1. The van der Waals surface area contributed by atoms with Crippen molar-refractivity contribution in [3.05, 3.63) is 18.5 Å². The summed E-state index contributed by atoms with van der Waals surface area (Å²) < 4.78 is 6.40. The van der Waals surface area contributed by atoms with Crippen LogP contribution >= 0.6 is 0 Å². The SMILES string of the molecule is CC(C)[C@H](NC(=O)OC(C)(C)C)C(=O)n1ccc(O)c1. The molecule has 1 rings (SSSR count). The summed E-state index contributed by atoms with van der Waals surface area (Å²) in [5.74, 6) is -0.441. The first-order chi connectivity index (χ1) is 9.10. The molecule has 1 heterocycles. The Balaban J connectivity index is 2.80. The molecule has 1 aromatic heterocycles. The molecule has 0 saturated carbocycles. The van der Waals surface area contributed by atoms with Crippen LogP contribution in [0.2, 0.25) is 0 Å². The zero-order valence-electron chi connectivity index (χ0n) is 12.5. The van der Waals surface area contributed by atoms with Crippen LogP contribution in [0.15, 0.2) is 18.5 Å². The van der Waals surface area contributed by atoms with Crippen molar-refractivity contribution in [1.29, 1.82) is 0 Å². The first-order valence-corrected chi connectivity index (χ1v) is 6.51. The summed E-state index contributed by atoms with van der Waals surface area (Å²) in [6.07, 6.45) is 2.11. The van der Waals surface area contributed by atoms with E-state index in [2.05, 4.69) is 5.32 Å². The second-order valence-corrected chi connectivity index (χ2v) is 5.98. The fourth-order valence-corrected chi connectivity index (χ4v) is 1.63. The molecule has 0 aliphatic rings. The number of alkyl carbamates (subject to hydrolysis) is 1. The minimum atomic E-state index is -0.725. The molecule has 0 radical (unpaired) electrons. The summed E-state index contributed by atoms with van der Waals surface area (Å²) in [6, 6.07) is 0.680. The van der Waals surface area contributed by atoms with Gasteiger partial charge in [0.2, 0.25) is 0 Å². The topological polar surface area (TPSA) is 80.6 Å². The average molecular weight is 282 g/mol. The number of ether oxygens (including phenoxy) is 1. The van der Waals surface area contributed by atoms with E-state index in [1.54, 1.807) is 20.8 Å². The van der Waals surface area contributed by atoms with E-state index in [0.29, 0.717) is 0 Å². The molecule has 0 spiro atoms.